The van der Waals surface area contributed by atoms with Gasteiger partial charge in [-0.05, 0) is 37.2 Å². The van der Waals surface area contributed by atoms with Crippen LogP contribution in [0.4, 0.5) is 6.01 Å². The third-order valence-corrected chi connectivity index (χ3v) is 5.14. The quantitative estimate of drug-likeness (QED) is 0.713. The Bertz CT molecular complexity index is 681. The predicted octanol–water partition coefficient (Wildman–Crippen LogP) is 2.70. The van der Waals surface area contributed by atoms with Crippen LogP contribution < -0.4 is 15.1 Å². The fourth-order valence-electron chi connectivity index (χ4n) is 3.31. The zero-order chi connectivity index (χ0) is 18.5. The predicted molar refractivity (Wildman–Crippen MR) is 102 cm³/mol. The first-order valence-electron chi connectivity index (χ1n) is 9.46. The van der Waals surface area contributed by atoms with Crippen LogP contribution in [-0.2, 0) is 0 Å². The fourth-order valence-corrected chi connectivity index (χ4v) is 3.31. The molecule has 0 N–H and O–H groups in total. The van der Waals surface area contributed by atoms with Gasteiger partial charge >= 0.3 is 6.01 Å². The van der Waals surface area contributed by atoms with Crippen molar-refractivity contribution in [2.45, 2.75) is 46.0 Å². The minimum Gasteiger partial charge on any atom is -0.478 e. The zero-order valence-corrected chi connectivity index (χ0v) is 15.9. The Labute approximate surface area is 156 Å². The normalized spacial score (nSPS) is 16.8. The van der Waals surface area contributed by atoms with E-state index in [0.717, 1.165) is 38.2 Å². The number of hydrogen-bond acceptors (Lipinski definition) is 6. The first kappa shape index (κ1) is 18.7. The van der Waals surface area contributed by atoms with Crippen molar-refractivity contribution in [2.24, 2.45) is 11.8 Å². The zero-order valence-electron chi connectivity index (χ0n) is 15.9. The lowest BCUT2D eigenvalue weighted by Crippen LogP contribution is -2.36. The van der Waals surface area contributed by atoms with Crippen molar-refractivity contribution in [2.75, 3.05) is 24.6 Å². The third-order valence-electron chi connectivity index (χ3n) is 5.14. The van der Waals surface area contributed by atoms with Gasteiger partial charge in [0.15, 0.2) is 5.82 Å². The van der Waals surface area contributed by atoms with Gasteiger partial charge in [0.2, 0.25) is 5.88 Å². The van der Waals surface area contributed by atoms with E-state index in [4.69, 9.17) is 17.1 Å². The lowest BCUT2D eigenvalue weighted by molar-refractivity contribution is 0.216. The standard InChI is InChI=1S/C19H27BN4O2/c1-13(2)18-22-19(26-23-18)24-9-6-15(7-10-24)14(3)8-11-25-17-5-4-16(20)12-21-17/h4-5,12-15H,6-11H2,1-3H3/t14-/m1/s1. The van der Waals surface area contributed by atoms with Crippen LogP contribution in [0.1, 0.15) is 51.8 Å². The van der Waals surface area contributed by atoms with E-state index < -0.39 is 0 Å². The van der Waals surface area contributed by atoms with Crippen molar-refractivity contribution in [3.63, 3.8) is 0 Å². The second kappa shape index (κ2) is 8.56. The third kappa shape index (κ3) is 4.77. The van der Waals surface area contributed by atoms with Crippen molar-refractivity contribution >= 4 is 19.3 Å². The highest BCUT2D eigenvalue weighted by atomic mass is 16.5. The second-order valence-corrected chi connectivity index (χ2v) is 7.46. The van der Waals surface area contributed by atoms with Gasteiger partial charge in [-0.15, -0.1) is 0 Å². The van der Waals surface area contributed by atoms with E-state index in [9.17, 15) is 0 Å². The van der Waals surface area contributed by atoms with E-state index in [2.05, 4.69) is 40.8 Å². The minimum absolute atomic E-state index is 0.292. The first-order valence-corrected chi connectivity index (χ1v) is 9.46. The maximum absolute atomic E-state index is 5.73. The molecule has 0 aromatic carbocycles. The summed E-state index contributed by atoms with van der Waals surface area (Å²) in [4.78, 5) is 10.9. The summed E-state index contributed by atoms with van der Waals surface area (Å²) in [5, 5.41) is 4.06. The van der Waals surface area contributed by atoms with Crippen molar-refractivity contribution in [1.29, 1.82) is 0 Å². The van der Waals surface area contributed by atoms with Crippen LogP contribution in [0.2, 0.25) is 0 Å². The Morgan fingerprint density at radius 3 is 2.65 bits per heavy atom. The number of anilines is 1. The van der Waals surface area contributed by atoms with Crippen LogP contribution in [0.15, 0.2) is 22.9 Å². The molecule has 7 heteroatoms. The summed E-state index contributed by atoms with van der Waals surface area (Å²) in [6.45, 7) is 9.07. The van der Waals surface area contributed by atoms with Crippen molar-refractivity contribution in [1.82, 2.24) is 15.1 Å². The Balaban J connectivity index is 1.41. The molecule has 6 nitrogen and oxygen atoms in total. The number of nitrogens with zero attached hydrogens (tertiary/aromatic N) is 4. The SMILES string of the molecule is [B]c1ccc(OCC[C@@H](C)C2CCN(c3nc(C(C)C)no3)CC2)nc1. The average Bonchev–Trinajstić information content (AvgIpc) is 3.14. The molecule has 26 heavy (non-hydrogen) atoms. The molecule has 2 aromatic rings. The van der Waals surface area contributed by atoms with E-state index in [0.29, 0.717) is 41.7 Å². The highest BCUT2D eigenvalue weighted by molar-refractivity contribution is 6.32. The molecule has 1 aliphatic rings. The lowest BCUT2D eigenvalue weighted by Gasteiger charge is -2.33. The Kier molecular flexibility index (Phi) is 6.17. The van der Waals surface area contributed by atoms with E-state index in [1.807, 2.05) is 12.1 Å². The molecule has 138 valence electrons. The largest absolute Gasteiger partial charge is 0.478 e. The van der Waals surface area contributed by atoms with Gasteiger partial charge in [-0.25, -0.2) is 4.98 Å². The Hall–Kier alpha value is -2.05. The molecule has 0 spiro atoms. The highest BCUT2D eigenvalue weighted by Gasteiger charge is 2.26. The molecule has 0 unspecified atom stereocenters. The topological polar surface area (TPSA) is 64.3 Å². The minimum atomic E-state index is 0.292. The van der Waals surface area contributed by atoms with Gasteiger partial charge in [-0.1, -0.05) is 37.5 Å². The lowest BCUT2D eigenvalue weighted by atomic mass is 9.84. The molecule has 1 atom stereocenters. The highest BCUT2D eigenvalue weighted by Crippen LogP contribution is 2.29. The van der Waals surface area contributed by atoms with E-state index in [-0.39, 0.29) is 0 Å². The molecule has 0 amide bonds. The average molecular weight is 354 g/mol. The monoisotopic (exact) mass is 354 g/mol. The van der Waals surface area contributed by atoms with Gasteiger partial charge in [0.05, 0.1) is 6.61 Å². The van der Waals surface area contributed by atoms with E-state index >= 15 is 0 Å². The van der Waals surface area contributed by atoms with Crippen molar-refractivity contribution in [3.8, 4) is 5.88 Å². The molecular formula is C19H27BN4O2. The van der Waals surface area contributed by atoms with Gasteiger partial charge in [-0.2, -0.15) is 4.98 Å². The summed E-state index contributed by atoms with van der Waals surface area (Å²) in [5.74, 6) is 3.02. The second-order valence-electron chi connectivity index (χ2n) is 7.46. The van der Waals surface area contributed by atoms with Crippen molar-refractivity contribution < 1.29 is 9.26 Å². The molecular weight excluding hydrogens is 327 g/mol. The molecule has 3 heterocycles. The summed E-state index contributed by atoms with van der Waals surface area (Å²) in [5.41, 5.74) is 0.652. The number of pyridine rings is 1. The van der Waals surface area contributed by atoms with Crippen LogP contribution in [0, 0.1) is 11.8 Å². The van der Waals surface area contributed by atoms with E-state index in [1.165, 1.54) is 0 Å². The summed E-state index contributed by atoms with van der Waals surface area (Å²) in [6, 6.07) is 4.29. The summed E-state index contributed by atoms with van der Waals surface area (Å²) >= 11 is 0. The van der Waals surface area contributed by atoms with Gasteiger partial charge in [0, 0.05) is 25.2 Å². The smallest absolute Gasteiger partial charge is 0.324 e. The van der Waals surface area contributed by atoms with E-state index in [1.54, 1.807) is 6.20 Å². The first-order chi connectivity index (χ1) is 12.5. The number of piperidine rings is 1. The summed E-state index contributed by atoms with van der Waals surface area (Å²) < 4.78 is 11.1. The van der Waals surface area contributed by atoms with Crippen LogP contribution >= 0.6 is 0 Å². The maximum Gasteiger partial charge on any atom is 0.324 e. The molecule has 2 radical (unpaired) electrons. The molecule has 1 aliphatic heterocycles. The fraction of sp³-hybridized carbons (Fsp3) is 0.632. The van der Waals surface area contributed by atoms with Gasteiger partial charge in [0.1, 0.15) is 7.85 Å². The molecule has 0 bridgehead atoms. The molecule has 1 saturated heterocycles. The van der Waals surface area contributed by atoms with Crippen molar-refractivity contribution in [3.05, 3.63) is 24.2 Å². The Morgan fingerprint density at radius 1 is 1.27 bits per heavy atom. The molecule has 0 aliphatic carbocycles. The van der Waals surface area contributed by atoms with Gasteiger partial charge < -0.3 is 14.2 Å². The number of hydrogen-bond donors (Lipinski definition) is 0. The molecule has 3 rings (SSSR count). The number of ether oxygens (including phenoxy) is 1. The molecule has 1 fully saturated rings. The van der Waals surface area contributed by atoms with Crippen LogP contribution in [0.3, 0.4) is 0 Å². The van der Waals surface area contributed by atoms with Gasteiger partial charge in [-0.3, -0.25) is 0 Å². The van der Waals surface area contributed by atoms with Gasteiger partial charge in [0.25, 0.3) is 0 Å². The van der Waals surface area contributed by atoms with Crippen LogP contribution in [0.25, 0.3) is 0 Å². The molecule has 0 saturated carbocycles. The van der Waals surface area contributed by atoms with Crippen LogP contribution in [0.5, 0.6) is 5.88 Å². The Morgan fingerprint density at radius 2 is 2.04 bits per heavy atom. The summed E-state index contributed by atoms with van der Waals surface area (Å²) in [6.07, 6.45) is 4.92. The molecule has 2 aromatic heterocycles. The van der Waals surface area contributed by atoms with Crippen LogP contribution in [-0.4, -0.2) is 42.7 Å². The number of rotatable bonds is 7. The number of aromatic nitrogens is 3. The summed E-state index contributed by atoms with van der Waals surface area (Å²) in [7, 11) is 5.63. The maximum atomic E-state index is 5.73.